The van der Waals surface area contributed by atoms with Crippen molar-refractivity contribution in [1.82, 2.24) is 4.90 Å². The molecule has 7 heteroatoms. The van der Waals surface area contributed by atoms with Crippen LogP contribution < -0.4 is 10.1 Å². The van der Waals surface area contributed by atoms with Crippen LogP contribution >= 0.6 is 11.8 Å². The van der Waals surface area contributed by atoms with E-state index in [2.05, 4.69) is 23.5 Å². The van der Waals surface area contributed by atoms with Crippen LogP contribution in [0.25, 0.3) is 16.8 Å². The lowest BCUT2D eigenvalue weighted by atomic mass is 10.1. The molecule has 3 amide bonds. The van der Waals surface area contributed by atoms with Gasteiger partial charge in [0.25, 0.3) is 11.1 Å². The van der Waals surface area contributed by atoms with Gasteiger partial charge in [-0.25, -0.2) is 0 Å². The number of nitrogens with one attached hydrogen (secondary N) is 1. The topological polar surface area (TPSA) is 75.7 Å². The monoisotopic (exact) mass is 522 g/mol. The zero-order chi connectivity index (χ0) is 26.6. The van der Waals surface area contributed by atoms with Crippen LogP contribution in [0.15, 0.2) is 89.8 Å². The van der Waals surface area contributed by atoms with Crippen molar-refractivity contribution in [2.24, 2.45) is 0 Å². The zero-order valence-electron chi connectivity index (χ0n) is 21.1. The summed E-state index contributed by atoms with van der Waals surface area (Å²) in [6.45, 7) is 3.87. The van der Waals surface area contributed by atoms with Crippen LogP contribution in [0.1, 0.15) is 22.3 Å². The second kappa shape index (κ2) is 10.9. The maximum atomic E-state index is 13.1. The first-order valence-corrected chi connectivity index (χ1v) is 13.0. The number of benzene rings is 4. The summed E-state index contributed by atoms with van der Waals surface area (Å²) in [5.74, 6) is -0.332. The summed E-state index contributed by atoms with van der Waals surface area (Å²) in [5.41, 5.74) is 4.37. The Morgan fingerprint density at radius 1 is 0.921 bits per heavy atom. The fourth-order valence-electron chi connectivity index (χ4n) is 4.30. The van der Waals surface area contributed by atoms with Crippen LogP contribution in [0.5, 0.6) is 5.75 Å². The lowest BCUT2D eigenvalue weighted by Crippen LogP contribution is -2.36. The standard InChI is InChI=1S/C31H26N2O4S/c1-20-9-7-15-26(21(20)2)32-29(34)18-33-30(35)28(38-31(33)36)17-23-11-4-6-16-27(23)37-19-24-13-8-12-22-10-3-5-14-25(22)24/h3-17H,18-19H2,1-2H3,(H,32,34)/b28-17-. The second-order valence-corrected chi connectivity index (χ2v) is 10.0. The number of nitrogens with zero attached hydrogens (tertiary/aromatic N) is 1. The summed E-state index contributed by atoms with van der Waals surface area (Å²) in [7, 11) is 0. The van der Waals surface area contributed by atoms with Crippen molar-refractivity contribution >= 4 is 51.4 Å². The highest BCUT2D eigenvalue weighted by atomic mass is 32.2. The van der Waals surface area contributed by atoms with Crippen LogP contribution in [0.3, 0.4) is 0 Å². The van der Waals surface area contributed by atoms with Gasteiger partial charge in [0.15, 0.2) is 0 Å². The number of rotatable bonds is 7. The number of hydrogen-bond donors (Lipinski definition) is 1. The van der Waals surface area contributed by atoms with E-state index in [-0.39, 0.29) is 11.4 Å². The highest BCUT2D eigenvalue weighted by Gasteiger charge is 2.36. The number of anilines is 1. The van der Waals surface area contributed by atoms with Crippen LogP contribution in [0.4, 0.5) is 10.5 Å². The number of fused-ring (bicyclic) bond motifs is 1. The minimum absolute atomic E-state index is 0.246. The highest BCUT2D eigenvalue weighted by molar-refractivity contribution is 8.18. The number of ether oxygens (including phenoxy) is 1. The summed E-state index contributed by atoms with van der Waals surface area (Å²) >= 11 is 0.819. The molecular weight excluding hydrogens is 496 g/mol. The summed E-state index contributed by atoms with van der Waals surface area (Å²) in [6, 6.07) is 27.2. The first kappa shape index (κ1) is 25.3. The first-order valence-electron chi connectivity index (χ1n) is 12.2. The highest BCUT2D eigenvalue weighted by Crippen LogP contribution is 2.34. The smallest absolute Gasteiger partial charge is 0.294 e. The predicted molar refractivity (Wildman–Crippen MR) is 152 cm³/mol. The fraction of sp³-hybridized carbons (Fsp3) is 0.129. The molecule has 6 nitrogen and oxygen atoms in total. The molecule has 1 aliphatic heterocycles. The van der Waals surface area contributed by atoms with E-state index >= 15 is 0 Å². The minimum atomic E-state index is -0.500. The van der Waals surface area contributed by atoms with Gasteiger partial charge in [0.05, 0.1) is 4.91 Å². The average Bonchev–Trinajstić information content (AvgIpc) is 3.18. The average molecular weight is 523 g/mol. The molecule has 0 bridgehead atoms. The van der Waals surface area contributed by atoms with Gasteiger partial charge in [-0.3, -0.25) is 19.3 Å². The Kier molecular flexibility index (Phi) is 7.29. The van der Waals surface area contributed by atoms with Crippen molar-refractivity contribution in [2.45, 2.75) is 20.5 Å². The van der Waals surface area contributed by atoms with Gasteiger partial charge in [0.1, 0.15) is 18.9 Å². The summed E-state index contributed by atoms with van der Waals surface area (Å²) in [5, 5.41) is 4.58. The molecule has 0 aliphatic carbocycles. The van der Waals surface area contributed by atoms with Crippen molar-refractivity contribution < 1.29 is 19.1 Å². The maximum absolute atomic E-state index is 13.1. The van der Waals surface area contributed by atoms with Gasteiger partial charge >= 0.3 is 0 Å². The van der Waals surface area contributed by atoms with E-state index in [1.165, 1.54) is 0 Å². The molecule has 0 saturated carbocycles. The lowest BCUT2D eigenvalue weighted by Gasteiger charge is -2.14. The van der Waals surface area contributed by atoms with Crippen LogP contribution in [-0.2, 0) is 16.2 Å². The number of hydrogen-bond acceptors (Lipinski definition) is 5. The lowest BCUT2D eigenvalue weighted by molar-refractivity contribution is -0.127. The molecule has 1 fully saturated rings. The summed E-state index contributed by atoms with van der Waals surface area (Å²) < 4.78 is 6.15. The molecule has 4 aromatic carbocycles. The number of imide groups is 1. The number of para-hydroxylation sites is 1. The van der Waals surface area contributed by atoms with Crippen molar-refractivity contribution in [3.63, 3.8) is 0 Å². The molecule has 0 radical (unpaired) electrons. The predicted octanol–water partition coefficient (Wildman–Crippen LogP) is 6.71. The SMILES string of the molecule is Cc1cccc(NC(=O)CN2C(=O)S/C(=C\c3ccccc3OCc3cccc4ccccc34)C2=O)c1C. The van der Waals surface area contributed by atoms with Crippen LogP contribution in [0, 0.1) is 13.8 Å². The Balaban J connectivity index is 1.30. The van der Waals surface area contributed by atoms with E-state index in [9.17, 15) is 14.4 Å². The van der Waals surface area contributed by atoms with E-state index in [4.69, 9.17) is 4.74 Å². The molecule has 1 aliphatic rings. The van der Waals surface area contributed by atoms with Gasteiger partial charge in [-0.15, -0.1) is 0 Å². The van der Waals surface area contributed by atoms with Gasteiger partial charge in [-0.1, -0.05) is 72.8 Å². The zero-order valence-corrected chi connectivity index (χ0v) is 21.9. The first-order chi connectivity index (χ1) is 18.4. The fourth-order valence-corrected chi connectivity index (χ4v) is 5.13. The second-order valence-electron chi connectivity index (χ2n) is 9.03. The third kappa shape index (κ3) is 5.33. The number of carbonyl (C=O) groups excluding carboxylic acids is 3. The number of aryl methyl sites for hydroxylation is 1. The van der Waals surface area contributed by atoms with Gasteiger partial charge in [-0.05, 0) is 71.3 Å². The Bertz CT molecular complexity index is 1590. The van der Waals surface area contributed by atoms with E-state index in [1.54, 1.807) is 12.1 Å². The third-order valence-electron chi connectivity index (χ3n) is 6.52. The molecule has 0 atom stereocenters. The van der Waals surface area contributed by atoms with E-state index in [0.717, 1.165) is 44.1 Å². The Morgan fingerprint density at radius 2 is 1.66 bits per heavy atom. The molecule has 1 saturated heterocycles. The molecule has 1 N–H and O–H groups in total. The molecule has 4 aromatic rings. The van der Waals surface area contributed by atoms with Crippen molar-refractivity contribution in [1.29, 1.82) is 0 Å². The van der Waals surface area contributed by atoms with Crippen LogP contribution in [0.2, 0.25) is 0 Å². The molecular formula is C31H26N2O4S. The largest absolute Gasteiger partial charge is 0.488 e. The van der Waals surface area contributed by atoms with Gasteiger partial charge in [0, 0.05) is 11.3 Å². The maximum Gasteiger partial charge on any atom is 0.294 e. The van der Waals surface area contributed by atoms with Gasteiger partial charge in [0.2, 0.25) is 5.91 Å². The molecule has 1 heterocycles. The molecule has 38 heavy (non-hydrogen) atoms. The van der Waals surface area contributed by atoms with Gasteiger partial charge in [-0.2, -0.15) is 0 Å². The van der Waals surface area contributed by atoms with Gasteiger partial charge < -0.3 is 10.1 Å². The molecule has 0 unspecified atom stereocenters. The van der Waals surface area contributed by atoms with Crippen molar-refractivity contribution in [3.8, 4) is 5.75 Å². The number of carbonyl (C=O) groups is 3. The number of amides is 3. The minimum Gasteiger partial charge on any atom is -0.488 e. The molecule has 0 spiro atoms. The normalized spacial score (nSPS) is 14.4. The van der Waals surface area contributed by atoms with Crippen molar-refractivity contribution in [3.05, 3.63) is 112 Å². The summed E-state index contributed by atoms with van der Waals surface area (Å²) in [6.07, 6.45) is 1.64. The molecule has 5 rings (SSSR count). The quantitative estimate of drug-likeness (QED) is 0.273. The van der Waals surface area contributed by atoms with E-state index in [1.807, 2.05) is 74.5 Å². The molecule has 190 valence electrons. The van der Waals surface area contributed by atoms with E-state index < -0.39 is 17.1 Å². The van der Waals surface area contributed by atoms with E-state index in [0.29, 0.717) is 23.6 Å². The molecule has 0 aromatic heterocycles. The number of thioether (sulfide) groups is 1. The van der Waals surface area contributed by atoms with Crippen LogP contribution in [-0.4, -0.2) is 28.5 Å². The Labute approximate surface area is 225 Å². The third-order valence-corrected chi connectivity index (χ3v) is 7.43. The summed E-state index contributed by atoms with van der Waals surface area (Å²) in [4.78, 5) is 39.6. The Hall–Kier alpha value is -4.36. The Morgan fingerprint density at radius 3 is 2.53 bits per heavy atom. The van der Waals surface area contributed by atoms with Crippen molar-refractivity contribution in [2.75, 3.05) is 11.9 Å².